The summed E-state index contributed by atoms with van der Waals surface area (Å²) in [5, 5.41) is 0.622. The van der Waals surface area contributed by atoms with Crippen LogP contribution in [0.5, 0.6) is 0 Å². The first-order valence-corrected chi connectivity index (χ1v) is 9.10. The second-order valence-corrected chi connectivity index (χ2v) is 7.57. The van der Waals surface area contributed by atoms with E-state index in [4.69, 9.17) is 11.6 Å². The molecule has 0 unspecified atom stereocenters. The molecule has 1 amide bonds. The molecule has 1 aromatic rings. The lowest BCUT2D eigenvalue weighted by molar-refractivity contribution is -0.131. The summed E-state index contributed by atoms with van der Waals surface area (Å²) in [6.45, 7) is 1.15. The van der Waals surface area contributed by atoms with Crippen LogP contribution < -0.4 is 4.72 Å². The fraction of sp³-hybridized carbons (Fsp3) is 0.500. The van der Waals surface area contributed by atoms with Crippen LogP contribution in [-0.2, 0) is 21.2 Å². The van der Waals surface area contributed by atoms with Crippen LogP contribution in [0, 0.1) is 0 Å². The number of sulfonamides is 1. The first-order valence-electron chi connectivity index (χ1n) is 6.83. The van der Waals surface area contributed by atoms with Gasteiger partial charge in [-0.2, -0.15) is 0 Å². The lowest BCUT2D eigenvalue weighted by Gasteiger charge is -2.32. The third kappa shape index (κ3) is 5.30. The van der Waals surface area contributed by atoms with Gasteiger partial charge in [-0.1, -0.05) is 23.7 Å². The first kappa shape index (κ1) is 16.3. The van der Waals surface area contributed by atoms with Crippen molar-refractivity contribution < 1.29 is 13.2 Å². The SMILES string of the molecule is CS(=O)(=O)NC1CCN(C(=O)Cc2cccc(Cl)c2)CC1. The van der Waals surface area contributed by atoms with E-state index >= 15 is 0 Å². The molecule has 0 atom stereocenters. The molecule has 1 fully saturated rings. The van der Waals surface area contributed by atoms with Crippen molar-refractivity contribution in [2.45, 2.75) is 25.3 Å². The Morgan fingerprint density at radius 1 is 1.38 bits per heavy atom. The molecule has 1 N–H and O–H groups in total. The van der Waals surface area contributed by atoms with Gasteiger partial charge in [-0.25, -0.2) is 13.1 Å². The average molecular weight is 331 g/mol. The molecule has 1 saturated heterocycles. The maximum Gasteiger partial charge on any atom is 0.226 e. The maximum absolute atomic E-state index is 12.2. The number of rotatable bonds is 4. The van der Waals surface area contributed by atoms with Gasteiger partial charge in [0.2, 0.25) is 15.9 Å². The molecule has 0 spiro atoms. The van der Waals surface area contributed by atoms with E-state index in [1.807, 2.05) is 12.1 Å². The van der Waals surface area contributed by atoms with Crippen molar-refractivity contribution in [1.82, 2.24) is 9.62 Å². The number of carbonyl (C=O) groups excluding carboxylic acids is 1. The van der Waals surface area contributed by atoms with Crippen LogP contribution in [0.4, 0.5) is 0 Å². The van der Waals surface area contributed by atoms with Gasteiger partial charge in [0.15, 0.2) is 0 Å². The van der Waals surface area contributed by atoms with Crippen LogP contribution in [0.3, 0.4) is 0 Å². The molecule has 1 heterocycles. The molecule has 21 heavy (non-hydrogen) atoms. The standard InChI is InChI=1S/C14H19ClN2O3S/c1-21(19,20)16-13-5-7-17(8-6-13)14(18)10-11-3-2-4-12(15)9-11/h2-4,9,13,16H,5-8,10H2,1H3. The molecule has 0 bridgehead atoms. The Morgan fingerprint density at radius 3 is 2.62 bits per heavy atom. The summed E-state index contributed by atoms with van der Waals surface area (Å²) < 4.78 is 25.0. The van der Waals surface area contributed by atoms with Crippen LogP contribution in [0.15, 0.2) is 24.3 Å². The average Bonchev–Trinajstić information content (AvgIpc) is 2.37. The fourth-order valence-electron chi connectivity index (χ4n) is 2.48. The zero-order valence-electron chi connectivity index (χ0n) is 11.9. The largest absolute Gasteiger partial charge is 0.342 e. The third-order valence-corrected chi connectivity index (χ3v) is 4.47. The Labute approximate surface area is 130 Å². The van der Waals surface area contributed by atoms with Crippen LogP contribution in [0.2, 0.25) is 5.02 Å². The van der Waals surface area contributed by atoms with Gasteiger partial charge < -0.3 is 4.90 Å². The number of benzene rings is 1. The fourth-order valence-corrected chi connectivity index (χ4v) is 3.54. The predicted molar refractivity (Wildman–Crippen MR) is 82.7 cm³/mol. The third-order valence-electron chi connectivity index (χ3n) is 3.47. The number of nitrogens with one attached hydrogen (secondary N) is 1. The van der Waals surface area contributed by atoms with Gasteiger partial charge in [-0.3, -0.25) is 4.79 Å². The van der Waals surface area contributed by atoms with Gasteiger partial charge in [0.1, 0.15) is 0 Å². The topological polar surface area (TPSA) is 66.5 Å². The summed E-state index contributed by atoms with van der Waals surface area (Å²) in [5.74, 6) is 0.0510. The van der Waals surface area contributed by atoms with E-state index in [-0.39, 0.29) is 11.9 Å². The van der Waals surface area contributed by atoms with E-state index in [1.165, 1.54) is 0 Å². The van der Waals surface area contributed by atoms with Crippen molar-refractivity contribution in [3.63, 3.8) is 0 Å². The van der Waals surface area contributed by atoms with Crippen molar-refractivity contribution in [2.75, 3.05) is 19.3 Å². The molecular weight excluding hydrogens is 312 g/mol. The molecule has 7 heteroatoms. The number of piperidine rings is 1. The molecule has 1 aliphatic rings. The van der Waals surface area contributed by atoms with Gasteiger partial charge in [0.25, 0.3) is 0 Å². The minimum Gasteiger partial charge on any atom is -0.342 e. The van der Waals surface area contributed by atoms with E-state index in [2.05, 4.69) is 4.72 Å². The number of nitrogens with zero attached hydrogens (tertiary/aromatic N) is 1. The summed E-state index contributed by atoms with van der Waals surface area (Å²) in [4.78, 5) is 14.0. The molecule has 2 rings (SSSR count). The summed E-state index contributed by atoms with van der Waals surface area (Å²) in [6, 6.07) is 7.19. The van der Waals surface area contributed by atoms with Gasteiger partial charge in [-0.15, -0.1) is 0 Å². The molecular formula is C14H19ClN2O3S. The zero-order valence-corrected chi connectivity index (χ0v) is 13.5. The summed E-state index contributed by atoms with van der Waals surface area (Å²) in [5.41, 5.74) is 0.892. The second-order valence-electron chi connectivity index (χ2n) is 5.35. The lowest BCUT2D eigenvalue weighted by Crippen LogP contribution is -2.46. The molecule has 5 nitrogen and oxygen atoms in total. The van der Waals surface area contributed by atoms with Crippen molar-refractivity contribution in [1.29, 1.82) is 0 Å². The smallest absolute Gasteiger partial charge is 0.226 e. The van der Waals surface area contributed by atoms with Gasteiger partial charge >= 0.3 is 0 Å². The minimum atomic E-state index is -3.18. The summed E-state index contributed by atoms with van der Waals surface area (Å²) in [7, 11) is -3.18. The minimum absolute atomic E-state index is 0.0510. The highest BCUT2D eigenvalue weighted by Crippen LogP contribution is 2.15. The predicted octanol–water partition coefficient (Wildman–Crippen LogP) is 1.42. The Morgan fingerprint density at radius 2 is 2.05 bits per heavy atom. The normalized spacial score (nSPS) is 17.0. The number of amides is 1. The molecule has 116 valence electrons. The van der Waals surface area contributed by atoms with E-state index in [0.29, 0.717) is 37.4 Å². The van der Waals surface area contributed by atoms with E-state index in [9.17, 15) is 13.2 Å². The molecule has 1 aromatic carbocycles. The van der Waals surface area contributed by atoms with E-state index < -0.39 is 10.0 Å². The highest BCUT2D eigenvalue weighted by Gasteiger charge is 2.24. The monoisotopic (exact) mass is 330 g/mol. The second kappa shape index (κ2) is 6.77. The molecule has 0 aromatic heterocycles. The van der Waals surface area contributed by atoms with Crippen molar-refractivity contribution in [3.8, 4) is 0 Å². The molecule has 0 saturated carbocycles. The van der Waals surface area contributed by atoms with Crippen LogP contribution in [-0.4, -0.2) is 44.6 Å². The maximum atomic E-state index is 12.2. The summed E-state index contributed by atoms with van der Waals surface area (Å²) >= 11 is 5.90. The highest BCUT2D eigenvalue weighted by molar-refractivity contribution is 7.88. The van der Waals surface area contributed by atoms with Crippen molar-refractivity contribution >= 4 is 27.5 Å². The van der Waals surface area contributed by atoms with Crippen LogP contribution in [0.25, 0.3) is 0 Å². The Balaban J connectivity index is 1.86. The highest BCUT2D eigenvalue weighted by atomic mass is 35.5. The molecule has 1 aliphatic heterocycles. The van der Waals surface area contributed by atoms with Crippen LogP contribution >= 0.6 is 11.6 Å². The quantitative estimate of drug-likeness (QED) is 0.908. The van der Waals surface area contributed by atoms with Crippen molar-refractivity contribution in [2.24, 2.45) is 0 Å². The Kier molecular flexibility index (Phi) is 5.24. The zero-order chi connectivity index (χ0) is 15.5. The Hall–Kier alpha value is -1.11. The number of hydrogen-bond acceptors (Lipinski definition) is 3. The number of halogens is 1. The molecule has 0 radical (unpaired) electrons. The number of hydrogen-bond donors (Lipinski definition) is 1. The van der Waals surface area contributed by atoms with E-state index in [0.717, 1.165) is 11.8 Å². The summed E-state index contributed by atoms with van der Waals surface area (Å²) in [6.07, 6.45) is 2.77. The number of likely N-dealkylation sites (tertiary alicyclic amines) is 1. The van der Waals surface area contributed by atoms with E-state index in [1.54, 1.807) is 17.0 Å². The number of carbonyl (C=O) groups is 1. The first-order chi connectivity index (χ1) is 9.83. The lowest BCUT2D eigenvalue weighted by atomic mass is 10.0. The van der Waals surface area contributed by atoms with Crippen molar-refractivity contribution in [3.05, 3.63) is 34.9 Å². The van der Waals surface area contributed by atoms with Gasteiger partial charge in [-0.05, 0) is 30.5 Å². The van der Waals surface area contributed by atoms with Crippen LogP contribution in [0.1, 0.15) is 18.4 Å². The Bertz CT molecular complexity index is 610. The van der Waals surface area contributed by atoms with Gasteiger partial charge in [0.05, 0.1) is 12.7 Å². The van der Waals surface area contributed by atoms with Gasteiger partial charge in [0, 0.05) is 24.2 Å². The molecule has 0 aliphatic carbocycles.